The zero-order chi connectivity index (χ0) is 11.8. The van der Waals surface area contributed by atoms with Gasteiger partial charge in [0.05, 0.1) is 5.69 Å². The van der Waals surface area contributed by atoms with E-state index in [9.17, 15) is 26.7 Å². The lowest BCUT2D eigenvalue weighted by molar-refractivity contribution is -0.138. The monoisotopic (exact) mass is 247 g/mol. The molecule has 0 saturated carbocycles. The van der Waals surface area contributed by atoms with Crippen molar-refractivity contribution in [3.8, 4) is 0 Å². The Morgan fingerprint density at radius 1 is 1.33 bits per heavy atom. The van der Waals surface area contributed by atoms with Crippen molar-refractivity contribution in [1.82, 2.24) is 4.98 Å². The second-order valence-electron chi connectivity index (χ2n) is 2.58. The van der Waals surface area contributed by atoms with Gasteiger partial charge in [-0.05, 0) is 0 Å². The molecule has 0 atom stereocenters. The first-order valence-corrected chi connectivity index (χ1v) is 3.89. The third-order valence-electron chi connectivity index (χ3n) is 1.53. The van der Waals surface area contributed by atoms with Gasteiger partial charge < -0.3 is 4.98 Å². The number of halogens is 6. The summed E-state index contributed by atoms with van der Waals surface area (Å²) in [5.74, 6) is 0. The summed E-state index contributed by atoms with van der Waals surface area (Å²) in [6.45, 7) is 0. The molecule has 0 aliphatic carbocycles. The Kier molecular flexibility index (Phi) is 3.03. The van der Waals surface area contributed by atoms with Crippen LogP contribution in [0.5, 0.6) is 0 Å². The summed E-state index contributed by atoms with van der Waals surface area (Å²) < 4.78 is 60.5. The van der Waals surface area contributed by atoms with Crippen molar-refractivity contribution in [2.24, 2.45) is 0 Å². The van der Waals surface area contributed by atoms with Gasteiger partial charge in [0.15, 0.2) is 5.43 Å². The Hall–Kier alpha value is -1.11. The maximum atomic E-state index is 12.2. The third-order valence-corrected chi connectivity index (χ3v) is 1.81. The molecule has 1 N–H and O–H groups in total. The Morgan fingerprint density at radius 3 is 2.20 bits per heavy atom. The first-order chi connectivity index (χ1) is 6.73. The number of hydrogen-bond donors (Lipinski definition) is 1. The quantitative estimate of drug-likeness (QED) is 0.601. The van der Waals surface area contributed by atoms with Crippen molar-refractivity contribution in [2.45, 2.75) is 12.6 Å². The highest BCUT2D eigenvalue weighted by Crippen LogP contribution is 2.31. The molecule has 0 amide bonds. The maximum absolute atomic E-state index is 12.2. The van der Waals surface area contributed by atoms with E-state index < -0.39 is 34.4 Å². The van der Waals surface area contributed by atoms with Gasteiger partial charge in [-0.1, -0.05) is 11.6 Å². The minimum atomic E-state index is -4.97. The third kappa shape index (κ3) is 2.47. The molecular weight excluding hydrogens is 245 g/mol. The molecule has 0 radical (unpaired) electrons. The average Bonchev–Trinajstić information content (AvgIpc) is 1.99. The Balaban J connectivity index is 3.42. The SMILES string of the molecule is O=c1cc(C(F)F)[nH]c(Cl)c1C(F)(F)F. The minimum Gasteiger partial charge on any atom is -0.344 e. The molecule has 1 rings (SSSR count). The number of pyridine rings is 1. The molecule has 0 aromatic carbocycles. The van der Waals surface area contributed by atoms with E-state index in [0.717, 1.165) is 0 Å². The van der Waals surface area contributed by atoms with Crippen molar-refractivity contribution in [3.05, 3.63) is 32.7 Å². The fourth-order valence-corrected chi connectivity index (χ4v) is 1.24. The highest BCUT2D eigenvalue weighted by Gasteiger charge is 2.37. The van der Waals surface area contributed by atoms with Crippen LogP contribution in [0.25, 0.3) is 0 Å². The van der Waals surface area contributed by atoms with Gasteiger partial charge in [-0.3, -0.25) is 4.79 Å². The second kappa shape index (κ2) is 3.80. The van der Waals surface area contributed by atoms with Crippen LogP contribution < -0.4 is 5.43 Å². The minimum absolute atomic E-state index is 0.180. The van der Waals surface area contributed by atoms with Crippen molar-refractivity contribution in [2.75, 3.05) is 0 Å². The Labute approximate surface area is 84.7 Å². The summed E-state index contributed by atoms with van der Waals surface area (Å²) in [5.41, 5.74) is -4.20. The lowest BCUT2D eigenvalue weighted by Gasteiger charge is -2.09. The van der Waals surface area contributed by atoms with Crippen molar-refractivity contribution < 1.29 is 22.0 Å². The molecule has 0 fully saturated rings. The van der Waals surface area contributed by atoms with Crippen LogP contribution in [-0.2, 0) is 6.18 Å². The smallest absolute Gasteiger partial charge is 0.344 e. The van der Waals surface area contributed by atoms with Crippen LogP contribution in [0.1, 0.15) is 17.7 Å². The molecule has 1 heterocycles. The predicted octanol–water partition coefficient (Wildman–Crippen LogP) is 2.98. The fraction of sp³-hybridized carbons (Fsp3) is 0.286. The van der Waals surface area contributed by atoms with Crippen LogP contribution in [0.3, 0.4) is 0 Å². The van der Waals surface area contributed by atoms with Gasteiger partial charge in [-0.25, -0.2) is 8.78 Å². The van der Waals surface area contributed by atoms with Gasteiger partial charge in [-0.15, -0.1) is 0 Å². The molecule has 0 spiro atoms. The average molecular weight is 248 g/mol. The van der Waals surface area contributed by atoms with E-state index in [1.165, 1.54) is 0 Å². The van der Waals surface area contributed by atoms with E-state index >= 15 is 0 Å². The number of hydrogen-bond acceptors (Lipinski definition) is 1. The zero-order valence-electron chi connectivity index (χ0n) is 6.83. The van der Waals surface area contributed by atoms with Crippen LogP contribution in [0.4, 0.5) is 22.0 Å². The summed E-state index contributed by atoms with van der Waals surface area (Å²) in [5, 5.41) is -1.13. The van der Waals surface area contributed by atoms with Gasteiger partial charge in [0.2, 0.25) is 0 Å². The van der Waals surface area contributed by atoms with Crippen LogP contribution >= 0.6 is 11.6 Å². The summed E-state index contributed by atoms with van der Waals surface area (Å²) in [7, 11) is 0. The van der Waals surface area contributed by atoms with Gasteiger partial charge in [0, 0.05) is 6.07 Å². The van der Waals surface area contributed by atoms with Crippen LogP contribution in [0, 0.1) is 0 Å². The summed E-state index contributed by atoms with van der Waals surface area (Å²) >= 11 is 5.05. The van der Waals surface area contributed by atoms with E-state index in [2.05, 4.69) is 0 Å². The van der Waals surface area contributed by atoms with Gasteiger partial charge in [0.25, 0.3) is 6.43 Å². The number of rotatable bonds is 1. The molecule has 0 unspecified atom stereocenters. The largest absolute Gasteiger partial charge is 0.423 e. The van der Waals surface area contributed by atoms with E-state index in [0.29, 0.717) is 0 Å². The molecule has 0 bridgehead atoms. The molecule has 2 nitrogen and oxygen atoms in total. The van der Waals surface area contributed by atoms with Crippen molar-refractivity contribution in [3.63, 3.8) is 0 Å². The van der Waals surface area contributed by atoms with E-state index in [-0.39, 0.29) is 6.07 Å². The maximum Gasteiger partial charge on any atom is 0.423 e. The molecule has 0 saturated heterocycles. The standard InChI is InChI=1S/C7H3ClF5NO/c8-5-4(7(11,12)13)3(15)1-2(14-5)6(9)10/h1,6H,(H,14,15). The number of H-pyrrole nitrogens is 1. The number of alkyl halides is 5. The second-order valence-corrected chi connectivity index (χ2v) is 2.95. The van der Waals surface area contributed by atoms with Gasteiger partial charge in [-0.2, -0.15) is 13.2 Å². The highest BCUT2D eigenvalue weighted by molar-refractivity contribution is 6.30. The normalized spacial score (nSPS) is 12.2. The van der Waals surface area contributed by atoms with E-state index in [1.807, 2.05) is 0 Å². The first kappa shape index (κ1) is 12.0. The summed E-state index contributed by atoms with van der Waals surface area (Å²) in [6, 6.07) is 0.180. The summed E-state index contributed by atoms with van der Waals surface area (Å²) in [6.07, 6.45) is -8.05. The van der Waals surface area contributed by atoms with Crippen LogP contribution in [-0.4, -0.2) is 4.98 Å². The lowest BCUT2D eigenvalue weighted by Crippen LogP contribution is -2.21. The molecule has 84 valence electrons. The molecule has 8 heteroatoms. The predicted molar refractivity (Wildman–Crippen MR) is 42.0 cm³/mol. The Morgan fingerprint density at radius 2 is 1.87 bits per heavy atom. The van der Waals surface area contributed by atoms with E-state index in [1.54, 1.807) is 4.98 Å². The highest BCUT2D eigenvalue weighted by atomic mass is 35.5. The van der Waals surface area contributed by atoms with Crippen molar-refractivity contribution in [1.29, 1.82) is 0 Å². The van der Waals surface area contributed by atoms with Gasteiger partial charge >= 0.3 is 6.18 Å². The summed E-state index contributed by atoms with van der Waals surface area (Å²) in [4.78, 5) is 12.5. The fourth-order valence-electron chi connectivity index (χ4n) is 0.929. The van der Waals surface area contributed by atoms with Crippen LogP contribution in [0.15, 0.2) is 10.9 Å². The molecule has 0 aliphatic rings. The Bertz CT molecular complexity index is 424. The first-order valence-electron chi connectivity index (χ1n) is 3.51. The molecule has 1 aromatic heterocycles. The van der Waals surface area contributed by atoms with Crippen LogP contribution in [0.2, 0.25) is 5.15 Å². The topological polar surface area (TPSA) is 32.9 Å². The number of aromatic nitrogens is 1. The molecular formula is C7H3ClF5NO. The molecule has 1 aromatic rings. The number of nitrogens with one attached hydrogen (secondary N) is 1. The zero-order valence-corrected chi connectivity index (χ0v) is 7.59. The van der Waals surface area contributed by atoms with E-state index in [4.69, 9.17) is 11.6 Å². The number of aromatic amines is 1. The lowest BCUT2D eigenvalue weighted by atomic mass is 10.2. The van der Waals surface area contributed by atoms with Gasteiger partial charge in [0.1, 0.15) is 10.7 Å². The molecule has 0 aliphatic heterocycles. The molecule has 15 heavy (non-hydrogen) atoms. The van der Waals surface area contributed by atoms with Crippen molar-refractivity contribution >= 4 is 11.6 Å².